The summed E-state index contributed by atoms with van der Waals surface area (Å²) in [5.41, 5.74) is 0.0798. The minimum absolute atomic E-state index is 0.195. The van der Waals surface area contributed by atoms with Crippen LogP contribution >= 0.6 is 0 Å². The maximum Gasteiger partial charge on any atom is 0.306 e. The molecule has 0 amide bonds. The lowest BCUT2D eigenvalue weighted by Crippen LogP contribution is -2.34. The minimum Gasteiger partial charge on any atom is -0.493 e. The molecule has 2 aliphatic carbocycles. The summed E-state index contributed by atoms with van der Waals surface area (Å²) in [4.78, 5) is 11.4. The number of methoxy groups -OCH3 is 1. The van der Waals surface area contributed by atoms with Gasteiger partial charge in [0, 0.05) is 0 Å². The van der Waals surface area contributed by atoms with E-state index in [1.165, 1.54) is 12.8 Å². The van der Waals surface area contributed by atoms with E-state index in [1.807, 2.05) is 18.2 Å². The maximum absolute atomic E-state index is 11.4. The molecule has 2 aliphatic rings. The standard InChI is InChI=1S/C20H25NO4/c1-24-17-9-8-15(11-18(17)25-16-6-2-3-7-16)20(13-21)10-4-5-14(12-20)19(22)23/h8-9,11,14,16H,2-7,10,12H2,1H3,(H,22,23)/t14-,20-/m0/s1. The maximum atomic E-state index is 11.4. The number of rotatable bonds is 5. The number of carbonyl (C=O) groups is 1. The second-order valence-electron chi connectivity index (χ2n) is 7.22. The molecule has 0 aliphatic heterocycles. The van der Waals surface area contributed by atoms with Crippen LogP contribution in [0.4, 0.5) is 0 Å². The Labute approximate surface area is 148 Å². The van der Waals surface area contributed by atoms with Crippen LogP contribution in [0.1, 0.15) is 56.9 Å². The van der Waals surface area contributed by atoms with Crippen molar-refractivity contribution in [2.24, 2.45) is 5.92 Å². The molecular weight excluding hydrogens is 318 g/mol. The molecule has 0 aromatic heterocycles. The smallest absolute Gasteiger partial charge is 0.306 e. The first-order valence-corrected chi connectivity index (χ1v) is 9.07. The van der Waals surface area contributed by atoms with Crippen molar-refractivity contribution >= 4 is 5.97 Å². The Bertz CT molecular complexity index is 675. The molecule has 5 nitrogen and oxygen atoms in total. The van der Waals surface area contributed by atoms with Gasteiger partial charge >= 0.3 is 5.97 Å². The van der Waals surface area contributed by atoms with Gasteiger partial charge < -0.3 is 14.6 Å². The highest BCUT2D eigenvalue weighted by atomic mass is 16.5. The average molecular weight is 343 g/mol. The first kappa shape index (κ1) is 17.6. The van der Waals surface area contributed by atoms with Crippen molar-refractivity contribution in [2.75, 3.05) is 7.11 Å². The summed E-state index contributed by atoms with van der Waals surface area (Å²) in [6.45, 7) is 0. The van der Waals surface area contributed by atoms with E-state index in [-0.39, 0.29) is 6.10 Å². The second kappa shape index (κ2) is 7.35. The number of carboxylic acid groups (broad SMARTS) is 1. The Morgan fingerprint density at radius 3 is 2.64 bits per heavy atom. The van der Waals surface area contributed by atoms with Crippen LogP contribution in [0.15, 0.2) is 18.2 Å². The van der Waals surface area contributed by atoms with Crippen LogP contribution in [0, 0.1) is 17.2 Å². The molecule has 25 heavy (non-hydrogen) atoms. The van der Waals surface area contributed by atoms with Gasteiger partial charge in [-0.2, -0.15) is 5.26 Å². The van der Waals surface area contributed by atoms with Crippen molar-refractivity contribution in [3.63, 3.8) is 0 Å². The minimum atomic E-state index is -0.810. The lowest BCUT2D eigenvalue weighted by atomic mass is 9.66. The molecule has 5 heteroatoms. The van der Waals surface area contributed by atoms with Crippen LogP contribution in [0.25, 0.3) is 0 Å². The third-order valence-electron chi connectivity index (χ3n) is 5.63. The van der Waals surface area contributed by atoms with Gasteiger partial charge in [-0.1, -0.05) is 12.5 Å². The first-order valence-electron chi connectivity index (χ1n) is 9.07. The number of ether oxygens (including phenoxy) is 2. The molecule has 0 radical (unpaired) electrons. The van der Waals surface area contributed by atoms with Crippen LogP contribution in [0.2, 0.25) is 0 Å². The summed E-state index contributed by atoms with van der Waals surface area (Å²) in [7, 11) is 1.61. The van der Waals surface area contributed by atoms with Gasteiger partial charge in [0.2, 0.25) is 0 Å². The normalized spacial score (nSPS) is 26.8. The van der Waals surface area contributed by atoms with Crippen molar-refractivity contribution in [3.05, 3.63) is 23.8 Å². The predicted octanol–water partition coefficient (Wildman–Crippen LogP) is 4.05. The molecule has 2 fully saturated rings. The number of hydrogen-bond acceptors (Lipinski definition) is 4. The molecule has 3 rings (SSSR count). The lowest BCUT2D eigenvalue weighted by molar-refractivity contribution is -0.143. The highest BCUT2D eigenvalue weighted by molar-refractivity contribution is 5.70. The van der Waals surface area contributed by atoms with E-state index in [4.69, 9.17) is 9.47 Å². The van der Waals surface area contributed by atoms with Gasteiger partial charge in [-0.05, 0) is 62.6 Å². The van der Waals surface area contributed by atoms with E-state index in [0.29, 0.717) is 30.8 Å². The highest BCUT2D eigenvalue weighted by Gasteiger charge is 2.41. The molecule has 134 valence electrons. The molecule has 0 spiro atoms. The average Bonchev–Trinajstić information content (AvgIpc) is 3.14. The monoisotopic (exact) mass is 343 g/mol. The summed E-state index contributed by atoms with van der Waals surface area (Å²) in [6, 6.07) is 8.03. The molecule has 0 unspecified atom stereocenters. The van der Waals surface area contributed by atoms with Crippen molar-refractivity contribution < 1.29 is 19.4 Å². The van der Waals surface area contributed by atoms with Crippen molar-refractivity contribution in [1.82, 2.24) is 0 Å². The second-order valence-corrected chi connectivity index (χ2v) is 7.22. The van der Waals surface area contributed by atoms with E-state index >= 15 is 0 Å². The van der Waals surface area contributed by atoms with Gasteiger partial charge in [-0.15, -0.1) is 0 Å². The number of nitrogens with zero attached hydrogens (tertiary/aromatic N) is 1. The third kappa shape index (κ3) is 3.58. The zero-order valence-electron chi connectivity index (χ0n) is 14.7. The molecule has 2 atom stereocenters. The number of aliphatic carboxylic acids is 1. The van der Waals surface area contributed by atoms with Gasteiger partial charge in [0.15, 0.2) is 11.5 Å². The van der Waals surface area contributed by atoms with E-state index in [2.05, 4.69) is 6.07 Å². The fourth-order valence-corrected chi connectivity index (χ4v) is 4.17. The summed E-state index contributed by atoms with van der Waals surface area (Å²) in [6.07, 6.45) is 7.05. The Hall–Kier alpha value is -2.22. The molecule has 1 aromatic rings. The fourth-order valence-electron chi connectivity index (χ4n) is 4.17. The number of nitriles is 1. The van der Waals surface area contributed by atoms with Crippen LogP contribution < -0.4 is 9.47 Å². The molecular formula is C20H25NO4. The molecule has 1 N–H and O–H groups in total. The Balaban J connectivity index is 1.91. The Morgan fingerprint density at radius 1 is 1.24 bits per heavy atom. The van der Waals surface area contributed by atoms with Crippen molar-refractivity contribution in [3.8, 4) is 17.6 Å². The van der Waals surface area contributed by atoms with Gasteiger partial charge in [-0.3, -0.25) is 4.79 Å². The SMILES string of the molecule is COc1ccc([C@@]2(C#N)CCC[C@H](C(=O)O)C2)cc1OC1CCCC1. The zero-order chi connectivity index (χ0) is 17.9. The first-order chi connectivity index (χ1) is 12.1. The van der Waals surface area contributed by atoms with Gasteiger partial charge in [0.25, 0.3) is 0 Å². The Kier molecular flexibility index (Phi) is 5.17. The molecule has 2 saturated carbocycles. The Morgan fingerprint density at radius 2 is 2.00 bits per heavy atom. The van der Waals surface area contributed by atoms with Crippen LogP contribution in [0.3, 0.4) is 0 Å². The zero-order valence-corrected chi connectivity index (χ0v) is 14.7. The van der Waals surface area contributed by atoms with Crippen LogP contribution in [-0.2, 0) is 10.2 Å². The largest absolute Gasteiger partial charge is 0.493 e. The number of hydrogen-bond donors (Lipinski definition) is 1. The van der Waals surface area contributed by atoms with Gasteiger partial charge in [0.1, 0.15) is 0 Å². The number of benzene rings is 1. The molecule has 1 aromatic carbocycles. The summed E-state index contributed by atoms with van der Waals surface area (Å²) in [5.74, 6) is 0.0540. The van der Waals surface area contributed by atoms with Crippen LogP contribution in [0.5, 0.6) is 11.5 Å². The summed E-state index contributed by atoms with van der Waals surface area (Å²) in [5, 5.41) is 19.3. The van der Waals surface area contributed by atoms with E-state index in [1.54, 1.807) is 7.11 Å². The molecule has 0 saturated heterocycles. The topological polar surface area (TPSA) is 79.5 Å². The molecule has 0 heterocycles. The van der Waals surface area contributed by atoms with E-state index in [0.717, 1.165) is 24.8 Å². The summed E-state index contributed by atoms with van der Waals surface area (Å²) < 4.78 is 11.6. The lowest BCUT2D eigenvalue weighted by Gasteiger charge is -2.34. The highest BCUT2D eigenvalue weighted by Crippen LogP contribution is 2.44. The third-order valence-corrected chi connectivity index (χ3v) is 5.63. The summed E-state index contributed by atoms with van der Waals surface area (Å²) >= 11 is 0. The van der Waals surface area contributed by atoms with Gasteiger partial charge in [-0.25, -0.2) is 0 Å². The van der Waals surface area contributed by atoms with Crippen LogP contribution in [-0.4, -0.2) is 24.3 Å². The number of carboxylic acids is 1. The fraction of sp³-hybridized carbons (Fsp3) is 0.600. The quantitative estimate of drug-likeness (QED) is 0.872. The molecule has 0 bridgehead atoms. The van der Waals surface area contributed by atoms with Crippen molar-refractivity contribution in [1.29, 1.82) is 5.26 Å². The van der Waals surface area contributed by atoms with Crippen molar-refractivity contribution in [2.45, 2.75) is 62.9 Å². The predicted molar refractivity (Wildman–Crippen MR) is 92.8 cm³/mol. The van der Waals surface area contributed by atoms with E-state index < -0.39 is 17.3 Å². The van der Waals surface area contributed by atoms with Gasteiger partial charge in [0.05, 0.1) is 30.6 Å². The van der Waals surface area contributed by atoms with E-state index in [9.17, 15) is 15.2 Å².